The van der Waals surface area contributed by atoms with Crippen molar-refractivity contribution in [2.75, 3.05) is 25.5 Å². The molecule has 2 aromatic carbocycles. The van der Waals surface area contributed by atoms with Crippen molar-refractivity contribution in [1.82, 2.24) is 20.2 Å². The van der Waals surface area contributed by atoms with E-state index in [-0.39, 0.29) is 41.2 Å². The van der Waals surface area contributed by atoms with Crippen molar-refractivity contribution < 1.29 is 19.0 Å². The molecular formula is C28H34FN5O4. The first-order valence-corrected chi connectivity index (χ1v) is 12.6. The van der Waals surface area contributed by atoms with Crippen LogP contribution in [-0.4, -0.2) is 52.9 Å². The predicted molar refractivity (Wildman–Crippen MR) is 144 cm³/mol. The Morgan fingerprint density at radius 2 is 2.03 bits per heavy atom. The minimum Gasteiger partial charge on any atom is -0.490 e. The van der Waals surface area contributed by atoms with Crippen LogP contribution in [0.5, 0.6) is 5.75 Å². The summed E-state index contributed by atoms with van der Waals surface area (Å²) < 4.78 is 22.0. The molecule has 1 aromatic heterocycles. The Hall–Kier alpha value is -3.76. The van der Waals surface area contributed by atoms with E-state index in [2.05, 4.69) is 20.9 Å². The lowest BCUT2D eigenvalue weighted by atomic mass is 9.93. The SMILES string of the molecule is CNC[C@H](O)COc1ccccc1C(C)(C)Nc1nccn(-c2cc(C(=O)NC3CC3)cc(F)c2C)c1=O. The van der Waals surface area contributed by atoms with Gasteiger partial charge in [0.05, 0.1) is 11.2 Å². The zero-order valence-electron chi connectivity index (χ0n) is 22.0. The van der Waals surface area contributed by atoms with Gasteiger partial charge in [-0.1, -0.05) is 18.2 Å². The number of hydrogen-bond donors (Lipinski definition) is 4. The molecule has 0 spiro atoms. The van der Waals surface area contributed by atoms with Gasteiger partial charge in [-0.05, 0) is 58.9 Å². The van der Waals surface area contributed by atoms with Crippen molar-refractivity contribution in [2.45, 2.75) is 51.3 Å². The summed E-state index contributed by atoms with van der Waals surface area (Å²) in [6.45, 7) is 5.81. The molecule has 0 aliphatic heterocycles. The summed E-state index contributed by atoms with van der Waals surface area (Å²) in [5, 5.41) is 19.0. The van der Waals surface area contributed by atoms with E-state index in [9.17, 15) is 19.1 Å². The maximum Gasteiger partial charge on any atom is 0.297 e. The highest BCUT2D eigenvalue weighted by Gasteiger charge is 2.27. The second kappa shape index (κ2) is 11.3. The highest BCUT2D eigenvalue weighted by molar-refractivity contribution is 5.95. The molecular weight excluding hydrogens is 489 g/mol. The first kappa shape index (κ1) is 27.3. The van der Waals surface area contributed by atoms with E-state index < -0.39 is 23.0 Å². The van der Waals surface area contributed by atoms with Crippen LogP contribution < -0.4 is 26.2 Å². The van der Waals surface area contributed by atoms with Gasteiger partial charge < -0.3 is 25.8 Å². The molecule has 1 atom stereocenters. The third-order valence-electron chi connectivity index (χ3n) is 6.45. The van der Waals surface area contributed by atoms with Crippen molar-refractivity contribution >= 4 is 11.7 Å². The number of halogens is 1. The average molecular weight is 524 g/mol. The number of aliphatic hydroxyl groups is 1. The van der Waals surface area contributed by atoms with Crippen molar-refractivity contribution in [3.05, 3.63) is 81.7 Å². The molecule has 10 heteroatoms. The molecule has 1 fully saturated rings. The lowest BCUT2D eigenvalue weighted by Gasteiger charge is -2.29. The minimum atomic E-state index is -0.803. The number of carbonyl (C=O) groups excluding carboxylic acids is 1. The molecule has 1 aliphatic carbocycles. The topological polar surface area (TPSA) is 118 Å². The smallest absolute Gasteiger partial charge is 0.297 e. The predicted octanol–water partition coefficient (Wildman–Crippen LogP) is 2.88. The zero-order valence-corrected chi connectivity index (χ0v) is 22.0. The number of carbonyl (C=O) groups is 1. The molecule has 1 amide bonds. The molecule has 4 rings (SSSR count). The van der Waals surface area contributed by atoms with Gasteiger partial charge in [-0.25, -0.2) is 9.37 Å². The van der Waals surface area contributed by atoms with E-state index in [1.165, 1.54) is 29.1 Å². The van der Waals surface area contributed by atoms with Crippen LogP contribution in [0.2, 0.25) is 0 Å². The normalized spacial score (nSPS) is 14.2. The fraction of sp³-hybridized carbons (Fsp3) is 0.393. The number of aromatic nitrogens is 2. The molecule has 202 valence electrons. The number of nitrogens with one attached hydrogen (secondary N) is 3. The number of anilines is 1. The second-order valence-electron chi connectivity index (χ2n) is 10.1. The maximum absolute atomic E-state index is 14.8. The van der Waals surface area contributed by atoms with Gasteiger partial charge in [0.2, 0.25) is 0 Å². The quantitative estimate of drug-likeness (QED) is 0.305. The van der Waals surface area contributed by atoms with Gasteiger partial charge in [0.1, 0.15) is 24.3 Å². The number of aliphatic hydroxyl groups excluding tert-OH is 1. The van der Waals surface area contributed by atoms with E-state index in [1.807, 2.05) is 32.0 Å². The van der Waals surface area contributed by atoms with E-state index in [4.69, 9.17) is 4.74 Å². The molecule has 0 radical (unpaired) electrons. The number of ether oxygens (including phenoxy) is 1. The molecule has 3 aromatic rings. The standard InChI is InChI=1S/C28H34FN5O4/c1-17-22(29)13-18(26(36)32-19-9-10-19)14-23(17)34-12-11-31-25(27(34)37)33-28(2,3)21-7-5-6-8-24(21)38-16-20(35)15-30-4/h5-8,11-14,19-20,30,35H,9-10,15-16H2,1-4H3,(H,31,33)(H,32,36)/t20-/m0/s1. The zero-order chi connectivity index (χ0) is 27.4. The lowest BCUT2D eigenvalue weighted by molar-refractivity contribution is 0.0950. The first-order chi connectivity index (χ1) is 18.1. The minimum absolute atomic E-state index is 0.0511. The summed E-state index contributed by atoms with van der Waals surface area (Å²) in [7, 11) is 1.75. The number of nitrogens with zero attached hydrogens (tertiary/aromatic N) is 2. The highest BCUT2D eigenvalue weighted by Crippen LogP contribution is 2.32. The monoisotopic (exact) mass is 523 g/mol. The molecule has 4 N–H and O–H groups in total. The molecule has 38 heavy (non-hydrogen) atoms. The number of rotatable bonds is 11. The van der Waals surface area contributed by atoms with Gasteiger partial charge in [-0.15, -0.1) is 0 Å². The van der Waals surface area contributed by atoms with Gasteiger partial charge in [0.25, 0.3) is 11.5 Å². The third-order valence-corrected chi connectivity index (χ3v) is 6.45. The van der Waals surface area contributed by atoms with Crippen LogP contribution in [0.25, 0.3) is 5.69 Å². The van der Waals surface area contributed by atoms with Crippen molar-refractivity contribution in [3.8, 4) is 11.4 Å². The molecule has 1 saturated carbocycles. The van der Waals surface area contributed by atoms with Gasteiger partial charge >= 0.3 is 0 Å². The molecule has 1 heterocycles. The van der Waals surface area contributed by atoms with Crippen LogP contribution >= 0.6 is 0 Å². The lowest BCUT2D eigenvalue weighted by Crippen LogP contribution is -2.35. The van der Waals surface area contributed by atoms with Crippen molar-refractivity contribution in [1.29, 1.82) is 0 Å². The van der Waals surface area contributed by atoms with Crippen LogP contribution in [0.3, 0.4) is 0 Å². The van der Waals surface area contributed by atoms with Crippen molar-refractivity contribution in [3.63, 3.8) is 0 Å². The second-order valence-corrected chi connectivity index (χ2v) is 10.1. The number of hydrogen-bond acceptors (Lipinski definition) is 7. The van der Waals surface area contributed by atoms with Gasteiger partial charge in [0.15, 0.2) is 5.82 Å². The van der Waals surface area contributed by atoms with Gasteiger partial charge in [-0.2, -0.15) is 0 Å². The van der Waals surface area contributed by atoms with Crippen LogP contribution in [-0.2, 0) is 5.54 Å². The van der Waals surface area contributed by atoms with Crippen LogP contribution in [0.15, 0.2) is 53.6 Å². The molecule has 0 bridgehead atoms. The number of likely N-dealkylation sites (N-methyl/N-ethyl adjacent to an activating group) is 1. The highest BCUT2D eigenvalue weighted by atomic mass is 19.1. The molecule has 0 saturated heterocycles. The number of amides is 1. The first-order valence-electron chi connectivity index (χ1n) is 12.6. The Balaban J connectivity index is 1.64. The summed E-state index contributed by atoms with van der Waals surface area (Å²) in [6, 6.07) is 10.2. The Bertz CT molecular complexity index is 1370. The summed E-state index contributed by atoms with van der Waals surface area (Å²) >= 11 is 0. The Morgan fingerprint density at radius 3 is 2.74 bits per heavy atom. The summed E-state index contributed by atoms with van der Waals surface area (Å²) in [5.41, 5.74) is 0.120. The van der Waals surface area contributed by atoms with E-state index in [0.717, 1.165) is 18.4 Å². The largest absolute Gasteiger partial charge is 0.490 e. The van der Waals surface area contributed by atoms with Crippen LogP contribution in [0.4, 0.5) is 10.2 Å². The van der Waals surface area contributed by atoms with Gasteiger partial charge in [0, 0.05) is 41.7 Å². The third kappa shape index (κ3) is 6.20. The van der Waals surface area contributed by atoms with E-state index in [0.29, 0.717) is 12.3 Å². The molecule has 1 aliphatic rings. The van der Waals surface area contributed by atoms with E-state index >= 15 is 0 Å². The molecule has 9 nitrogen and oxygen atoms in total. The Kier molecular flexibility index (Phi) is 8.13. The van der Waals surface area contributed by atoms with Crippen molar-refractivity contribution in [2.24, 2.45) is 0 Å². The fourth-order valence-electron chi connectivity index (χ4n) is 4.18. The fourth-order valence-corrected chi connectivity index (χ4v) is 4.18. The summed E-state index contributed by atoms with van der Waals surface area (Å²) in [4.78, 5) is 30.4. The van der Waals surface area contributed by atoms with E-state index in [1.54, 1.807) is 20.0 Å². The molecule has 0 unspecified atom stereocenters. The summed E-state index contributed by atoms with van der Waals surface area (Å²) in [5.74, 6) is -0.335. The summed E-state index contributed by atoms with van der Waals surface area (Å²) in [6.07, 6.45) is 4.03. The Labute approximate surface area is 221 Å². The van der Waals surface area contributed by atoms with Crippen LogP contribution in [0.1, 0.15) is 48.2 Å². The number of benzene rings is 2. The van der Waals surface area contributed by atoms with Gasteiger partial charge in [-0.3, -0.25) is 14.2 Å². The Morgan fingerprint density at radius 1 is 1.29 bits per heavy atom. The number of para-hydroxylation sites is 1. The average Bonchev–Trinajstić information content (AvgIpc) is 3.70. The maximum atomic E-state index is 14.8. The van der Waals surface area contributed by atoms with Crippen LogP contribution in [0, 0.1) is 12.7 Å².